The standard InChI is InChI=1S/C21H16ClN3O2/c1-13-3-2-4-14(11-13)20-25-18-10-9-17(12-19(18)27-20)24-21(26)23-16-7-5-15(22)6-8-16/h2-12H,1H3,(H2,23,24,26). The third-order valence-electron chi connectivity index (χ3n) is 4.01. The lowest BCUT2D eigenvalue weighted by atomic mass is 10.1. The summed E-state index contributed by atoms with van der Waals surface area (Å²) in [6.45, 7) is 2.02. The summed E-state index contributed by atoms with van der Waals surface area (Å²) in [6, 6.07) is 19.8. The highest BCUT2D eigenvalue weighted by atomic mass is 35.5. The van der Waals surface area contributed by atoms with Crippen molar-refractivity contribution in [3.8, 4) is 11.5 Å². The number of carbonyl (C=O) groups is 1. The summed E-state index contributed by atoms with van der Waals surface area (Å²) in [5, 5.41) is 6.14. The Labute approximate surface area is 161 Å². The molecule has 0 spiro atoms. The molecule has 4 aromatic rings. The van der Waals surface area contributed by atoms with Gasteiger partial charge in [-0.05, 0) is 55.5 Å². The van der Waals surface area contributed by atoms with Crippen LogP contribution in [0.2, 0.25) is 5.02 Å². The molecule has 0 aliphatic heterocycles. The van der Waals surface area contributed by atoms with Gasteiger partial charge in [-0.3, -0.25) is 0 Å². The molecular weight excluding hydrogens is 362 g/mol. The van der Waals surface area contributed by atoms with Crippen molar-refractivity contribution in [1.82, 2.24) is 4.98 Å². The monoisotopic (exact) mass is 377 g/mol. The van der Waals surface area contributed by atoms with Crippen molar-refractivity contribution in [2.24, 2.45) is 0 Å². The highest BCUT2D eigenvalue weighted by Crippen LogP contribution is 2.27. The zero-order valence-electron chi connectivity index (χ0n) is 14.5. The van der Waals surface area contributed by atoms with E-state index >= 15 is 0 Å². The van der Waals surface area contributed by atoms with Gasteiger partial charge in [0.15, 0.2) is 5.58 Å². The predicted molar refractivity (Wildman–Crippen MR) is 108 cm³/mol. The molecule has 0 unspecified atom stereocenters. The molecule has 1 heterocycles. The Hall–Kier alpha value is -3.31. The van der Waals surface area contributed by atoms with E-state index in [1.54, 1.807) is 36.4 Å². The van der Waals surface area contributed by atoms with E-state index in [-0.39, 0.29) is 6.03 Å². The third-order valence-corrected chi connectivity index (χ3v) is 4.27. The first-order valence-electron chi connectivity index (χ1n) is 8.38. The van der Waals surface area contributed by atoms with Crippen molar-refractivity contribution < 1.29 is 9.21 Å². The van der Waals surface area contributed by atoms with Crippen molar-refractivity contribution in [2.45, 2.75) is 6.92 Å². The Morgan fingerprint density at radius 3 is 2.48 bits per heavy atom. The average molecular weight is 378 g/mol. The molecule has 0 fully saturated rings. The van der Waals surface area contributed by atoms with E-state index < -0.39 is 0 Å². The van der Waals surface area contributed by atoms with E-state index in [2.05, 4.69) is 15.6 Å². The Balaban J connectivity index is 1.53. The summed E-state index contributed by atoms with van der Waals surface area (Å²) in [5.41, 5.74) is 4.66. The molecule has 3 aromatic carbocycles. The molecule has 5 nitrogen and oxygen atoms in total. The summed E-state index contributed by atoms with van der Waals surface area (Å²) < 4.78 is 5.87. The zero-order chi connectivity index (χ0) is 18.8. The van der Waals surface area contributed by atoms with Gasteiger partial charge >= 0.3 is 6.03 Å². The minimum atomic E-state index is -0.352. The number of carbonyl (C=O) groups excluding carboxylic acids is 1. The van der Waals surface area contributed by atoms with Crippen molar-refractivity contribution in [1.29, 1.82) is 0 Å². The number of hydrogen-bond donors (Lipinski definition) is 2. The van der Waals surface area contributed by atoms with Crippen LogP contribution in [0.3, 0.4) is 0 Å². The minimum absolute atomic E-state index is 0.352. The number of rotatable bonds is 3. The lowest BCUT2D eigenvalue weighted by molar-refractivity contribution is 0.262. The van der Waals surface area contributed by atoms with Gasteiger partial charge in [0.2, 0.25) is 5.89 Å². The number of fused-ring (bicyclic) bond motifs is 1. The van der Waals surface area contributed by atoms with Crippen LogP contribution in [-0.4, -0.2) is 11.0 Å². The van der Waals surface area contributed by atoms with E-state index in [0.29, 0.717) is 27.9 Å². The molecule has 0 atom stereocenters. The Bertz CT molecular complexity index is 1120. The van der Waals surface area contributed by atoms with Crippen LogP contribution in [0.5, 0.6) is 0 Å². The van der Waals surface area contributed by atoms with Gasteiger partial charge in [0.05, 0.1) is 0 Å². The maximum Gasteiger partial charge on any atom is 0.323 e. The summed E-state index contributed by atoms with van der Waals surface area (Å²) >= 11 is 5.84. The fourth-order valence-electron chi connectivity index (χ4n) is 2.73. The molecule has 6 heteroatoms. The summed E-state index contributed by atoms with van der Waals surface area (Å²) in [4.78, 5) is 16.7. The van der Waals surface area contributed by atoms with Crippen LogP contribution in [0.25, 0.3) is 22.6 Å². The van der Waals surface area contributed by atoms with Crippen LogP contribution in [0.15, 0.2) is 71.1 Å². The number of halogens is 1. The topological polar surface area (TPSA) is 67.2 Å². The van der Waals surface area contributed by atoms with E-state index in [4.69, 9.17) is 16.0 Å². The van der Waals surface area contributed by atoms with Gasteiger partial charge in [0.1, 0.15) is 5.52 Å². The molecule has 0 saturated carbocycles. The Morgan fingerprint density at radius 2 is 1.70 bits per heavy atom. The number of aryl methyl sites for hydroxylation is 1. The van der Waals surface area contributed by atoms with Gasteiger partial charge in [0, 0.05) is 28.0 Å². The van der Waals surface area contributed by atoms with Crippen LogP contribution in [0.1, 0.15) is 5.56 Å². The average Bonchev–Trinajstić information content (AvgIpc) is 3.07. The smallest absolute Gasteiger partial charge is 0.323 e. The molecule has 0 aliphatic carbocycles. The van der Waals surface area contributed by atoms with Crippen LogP contribution in [-0.2, 0) is 0 Å². The second-order valence-electron chi connectivity index (χ2n) is 6.16. The van der Waals surface area contributed by atoms with Gasteiger partial charge in [0.25, 0.3) is 0 Å². The van der Waals surface area contributed by atoms with E-state index in [1.807, 2.05) is 37.3 Å². The number of benzene rings is 3. The van der Waals surface area contributed by atoms with E-state index in [0.717, 1.165) is 16.6 Å². The predicted octanol–water partition coefficient (Wildman–Crippen LogP) is 6.10. The number of amides is 2. The van der Waals surface area contributed by atoms with Gasteiger partial charge in [-0.15, -0.1) is 0 Å². The molecule has 2 amide bonds. The zero-order valence-corrected chi connectivity index (χ0v) is 15.2. The SMILES string of the molecule is Cc1cccc(-c2nc3ccc(NC(=O)Nc4ccc(Cl)cc4)cc3o2)c1. The van der Waals surface area contributed by atoms with Crippen LogP contribution >= 0.6 is 11.6 Å². The number of hydrogen-bond acceptors (Lipinski definition) is 3. The second kappa shape index (κ2) is 7.13. The van der Waals surface area contributed by atoms with Gasteiger partial charge in [-0.25, -0.2) is 9.78 Å². The quantitative estimate of drug-likeness (QED) is 0.453. The highest BCUT2D eigenvalue weighted by molar-refractivity contribution is 6.30. The Kier molecular flexibility index (Phi) is 4.52. The minimum Gasteiger partial charge on any atom is -0.436 e. The number of oxazole rings is 1. The largest absolute Gasteiger partial charge is 0.436 e. The van der Waals surface area contributed by atoms with Gasteiger partial charge in [-0.1, -0.05) is 29.3 Å². The molecule has 134 valence electrons. The number of anilines is 2. The van der Waals surface area contributed by atoms with Crippen molar-refractivity contribution in [3.63, 3.8) is 0 Å². The first-order valence-corrected chi connectivity index (χ1v) is 8.76. The summed E-state index contributed by atoms with van der Waals surface area (Å²) in [7, 11) is 0. The molecule has 0 aliphatic rings. The molecular formula is C21H16ClN3O2. The number of aromatic nitrogens is 1. The summed E-state index contributed by atoms with van der Waals surface area (Å²) in [6.07, 6.45) is 0. The molecule has 0 radical (unpaired) electrons. The van der Waals surface area contributed by atoms with Crippen LogP contribution < -0.4 is 10.6 Å². The van der Waals surface area contributed by atoms with Crippen LogP contribution in [0, 0.1) is 6.92 Å². The molecule has 27 heavy (non-hydrogen) atoms. The first kappa shape index (κ1) is 17.1. The van der Waals surface area contributed by atoms with Crippen molar-refractivity contribution in [3.05, 3.63) is 77.3 Å². The first-order chi connectivity index (χ1) is 13.1. The van der Waals surface area contributed by atoms with E-state index in [9.17, 15) is 4.79 Å². The van der Waals surface area contributed by atoms with Crippen LogP contribution in [0.4, 0.5) is 16.2 Å². The van der Waals surface area contributed by atoms with Crippen molar-refractivity contribution >= 4 is 40.1 Å². The maximum absolute atomic E-state index is 12.2. The molecule has 1 aromatic heterocycles. The Morgan fingerprint density at radius 1 is 0.963 bits per heavy atom. The summed E-state index contributed by atoms with van der Waals surface area (Å²) in [5.74, 6) is 0.552. The number of nitrogens with zero attached hydrogens (tertiary/aromatic N) is 1. The van der Waals surface area contributed by atoms with Gasteiger partial charge < -0.3 is 15.1 Å². The molecule has 0 bridgehead atoms. The fraction of sp³-hybridized carbons (Fsp3) is 0.0476. The molecule has 2 N–H and O–H groups in total. The van der Waals surface area contributed by atoms with E-state index in [1.165, 1.54) is 0 Å². The highest BCUT2D eigenvalue weighted by Gasteiger charge is 2.10. The lowest BCUT2D eigenvalue weighted by Gasteiger charge is -2.07. The molecule has 4 rings (SSSR count). The lowest BCUT2D eigenvalue weighted by Crippen LogP contribution is -2.19. The second-order valence-corrected chi connectivity index (χ2v) is 6.59. The fourth-order valence-corrected chi connectivity index (χ4v) is 2.86. The number of nitrogens with one attached hydrogen (secondary N) is 2. The number of urea groups is 1. The third kappa shape index (κ3) is 3.93. The maximum atomic E-state index is 12.2. The van der Waals surface area contributed by atoms with Gasteiger partial charge in [-0.2, -0.15) is 0 Å². The normalized spacial score (nSPS) is 10.7. The van der Waals surface area contributed by atoms with Crippen molar-refractivity contribution in [2.75, 3.05) is 10.6 Å². The molecule has 0 saturated heterocycles.